The summed E-state index contributed by atoms with van der Waals surface area (Å²) in [4.78, 5) is 0. The Kier molecular flexibility index (Phi) is 1.44. The molecule has 0 spiro atoms. The quantitative estimate of drug-likeness (QED) is 0.497. The van der Waals surface area contributed by atoms with Crippen LogP contribution in [0, 0.1) is 6.07 Å². The van der Waals surface area contributed by atoms with E-state index in [9.17, 15) is 0 Å². The second-order valence-electron chi connectivity index (χ2n) is 3.15. The first-order valence-corrected chi connectivity index (χ1v) is 5.32. The second kappa shape index (κ2) is 2.61. The van der Waals surface area contributed by atoms with Crippen molar-refractivity contribution in [2.24, 2.45) is 0 Å². The van der Waals surface area contributed by atoms with Crippen molar-refractivity contribution in [2.45, 2.75) is 0 Å². The molecule has 1 radical (unpaired) electrons. The molecule has 13 heavy (non-hydrogen) atoms. The predicted molar refractivity (Wildman–Crippen MR) is 58.9 cm³/mol. The summed E-state index contributed by atoms with van der Waals surface area (Å²) >= 11 is 0. The van der Waals surface area contributed by atoms with Gasteiger partial charge in [0.2, 0.25) is 0 Å². The fourth-order valence-corrected chi connectivity index (χ4v) is 2.84. The van der Waals surface area contributed by atoms with Gasteiger partial charge in [-0.2, -0.15) is 0 Å². The van der Waals surface area contributed by atoms with E-state index in [0.29, 0.717) is 0 Å². The van der Waals surface area contributed by atoms with E-state index in [4.69, 9.17) is 0 Å². The van der Waals surface area contributed by atoms with E-state index in [1.165, 1.54) is 21.4 Å². The Morgan fingerprint density at radius 2 is 1.85 bits per heavy atom. The molecule has 2 aliphatic rings. The van der Waals surface area contributed by atoms with Gasteiger partial charge < -0.3 is 0 Å². The number of rotatable bonds is 0. The standard InChI is InChI=1S/C12H8P/c1-2-6-11-9(4-1)8-10-5-3-7-12(10)13-11/h1-7,13H. The lowest BCUT2D eigenvalue weighted by atomic mass is 10.2. The number of benzene rings is 1. The molecule has 1 aromatic rings. The minimum atomic E-state index is 0.806. The van der Waals surface area contributed by atoms with Crippen LogP contribution < -0.4 is 0 Å². The molecular weight excluding hydrogens is 175 g/mol. The maximum atomic E-state index is 3.43. The number of hydrogen-bond acceptors (Lipinski definition) is 0. The molecule has 1 heterocycles. The third-order valence-corrected chi connectivity index (χ3v) is 3.69. The zero-order valence-corrected chi connectivity index (χ0v) is 8.04. The highest BCUT2D eigenvalue weighted by molar-refractivity contribution is 7.40. The molecule has 0 aromatic heterocycles. The summed E-state index contributed by atoms with van der Waals surface area (Å²) in [7, 11) is 0.806. The van der Waals surface area contributed by atoms with Gasteiger partial charge in [-0.1, -0.05) is 42.5 Å². The molecule has 0 saturated carbocycles. The van der Waals surface area contributed by atoms with Crippen LogP contribution in [0.5, 0.6) is 0 Å². The van der Waals surface area contributed by atoms with Gasteiger partial charge in [0, 0.05) is 0 Å². The minimum Gasteiger partial charge on any atom is -0.123 e. The average molecular weight is 183 g/mol. The van der Waals surface area contributed by atoms with Crippen LogP contribution in [0.1, 0.15) is 0 Å². The van der Waals surface area contributed by atoms with Crippen molar-refractivity contribution < 1.29 is 0 Å². The lowest BCUT2D eigenvalue weighted by Gasteiger charge is -2.01. The summed E-state index contributed by atoms with van der Waals surface area (Å²) in [6, 6.07) is 18.4. The first-order chi connectivity index (χ1) is 6.43. The van der Waals surface area contributed by atoms with Gasteiger partial charge >= 0.3 is 0 Å². The van der Waals surface area contributed by atoms with Gasteiger partial charge in [-0.15, -0.1) is 8.19 Å². The Morgan fingerprint density at radius 3 is 2.85 bits per heavy atom. The van der Waals surface area contributed by atoms with Gasteiger partial charge in [0.05, 0.1) is 0 Å². The van der Waals surface area contributed by atoms with E-state index >= 15 is 0 Å². The van der Waals surface area contributed by atoms with Gasteiger partial charge in [0.1, 0.15) is 0 Å². The van der Waals surface area contributed by atoms with Crippen LogP contribution in [0.4, 0.5) is 0 Å². The van der Waals surface area contributed by atoms with Crippen LogP contribution in [0.25, 0.3) is 21.4 Å². The van der Waals surface area contributed by atoms with Crippen molar-refractivity contribution in [3.05, 3.63) is 48.5 Å². The molecule has 0 bridgehead atoms. The van der Waals surface area contributed by atoms with Gasteiger partial charge in [0.15, 0.2) is 0 Å². The highest BCUT2D eigenvalue weighted by Gasteiger charge is 2.02. The Hall–Kier alpha value is -1.26. The monoisotopic (exact) mass is 183 g/mol. The van der Waals surface area contributed by atoms with Crippen LogP contribution in [-0.4, -0.2) is 0 Å². The van der Waals surface area contributed by atoms with Gasteiger partial charge in [-0.25, -0.2) is 0 Å². The molecule has 0 saturated heterocycles. The third-order valence-electron chi connectivity index (χ3n) is 2.28. The van der Waals surface area contributed by atoms with Crippen LogP contribution in [0.2, 0.25) is 0 Å². The maximum Gasteiger partial charge on any atom is -0.000592 e. The highest BCUT2D eigenvalue weighted by Crippen LogP contribution is 2.36. The molecule has 0 fully saturated rings. The van der Waals surface area contributed by atoms with E-state index in [1.54, 1.807) is 0 Å². The lowest BCUT2D eigenvalue weighted by molar-refractivity contribution is 1.81. The van der Waals surface area contributed by atoms with Crippen molar-refractivity contribution >= 4 is 18.7 Å². The van der Waals surface area contributed by atoms with Crippen LogP contribution >= 0.6 is 8.19 Å². The van der Waals surface area contributed by atoms with Crippen molar-refractivity contribution in [3.63, 3.8) is 0 Å². The van der Waals surface area contributed by atoms with Crippen LogP contribution in [-0.2, 0) is 0 Å². The van der Waals surface area contributed by atoms with Crippen molar-refractivity contribution in [1.29, 1.82) is 0 Å². The molecule has 1 heteroatoms. The lowest BCUT2D eigenvalue weighted by Crippen LogP contribution is -1.71. The summed E-state index contributed by atoms with van der Waals surface area (Å²) < 4.78 is 0. The smallest absolute Gasteiger partial charge is 0.000592 e. The number of hydrogen-bond donors (Lipinski definition) is 0. The first-order valence-electron chi connectivity index (χ1n) is 4.32. The molecule has 61 valence electrons. The topological polar surface area (TPSA) is 0 Å². The SMILES string of the molecule is [c]1c2cccc-2[pH]c2ccccc12. The van der Waals surface area contributed by atoms with Gasteiger partial charge in [-0.05, 0) is 27.4 Å². The molecule has 1 aliphatic heterocycles. The first kappa shape index (κ1) is 7.17. The Morgan fingerprint density at radius 1 is 0.923 bits per heavy atom. The van der Waals surface area contributed by atoms with Gasteiger partial charge in [0.25, 0.3) is 0 Å². The summed E-state index contributed by atoms with van der Waals surface area (Å²) in [6.45, 7) is 0. The fraction of sp³-hybridized carbons (Fsp3) is 0. The average Bonchev–Trinajstić information content (AvgIpc) is 2.61. The molecule has 1 aromatic carbocycles. The third kappa shape index (κ3) is 1.07. The molecule has 1 aliphatic carbocycles. The summed E-state index contributed by atoms with van der Waals surface area (Å²) in [5, 5.41) is 4.11. The largest absolute Gasteiger partial charge is 0.123 e. The van der Waals surface area contributed by atoms with E-state index in [2.05, 4.69) is 48.5 Å². The zero-order valence-electron chi connectivity index (χ0n) is 7.04. The molecule has 1 atom stereocenters. The molecule has 1 unspecified atom stereocenters. The number of fused-ring (bicyclic) bond motifs is 2. The maximum absolute atomic E-state index is 3.43. The summed E-state index contributed by atoms with van der Waals surface area (Å²) in [5.41, 5.74) is 1.28. The van der Waals surface area contributed by atoms with Crippen molar-refractivity contribution in [2.75, 3.05) is 0 Å². The Balaban J connectivity index is 2.52. The van der Waals surface area contributed by atoms with E-state index in [0.717, 1.165) is 8.19 Å². The molecule has 3 rings (SSSR count). The Bertz CT molecular complexity index is 475. The van der Waals surface area contributed by atoms with E-state index < -0.39 is 0 Å². The molecule has 0 N–H and O–H groups in total. The molecule has 0 nitrogen and oxygen atoms in total. The summed E-state index contributed by atoms with van der Waals surface area (Å²) in [6.07, 6.45) is 0. The Labute approximate surface area is 78.6 Å². The normalized spacial score (nSPS) is 11.7. The van der Waals surface area contributed by atoms with E-state index in [-0.39, 0.29) is 0 Å². The minimum absolute atomic E-state index is 0.806. The second-order valence-corrected chi connectivity index (χ2v) is 4.48. The highest BCUT2D eigenvalue weighted by atomic mass is 31.0. The van der Waals surface area contributed by atoms with Crippen molar-refractivity contribution in [1.82, 2.24) is 0 Å². The van der Waals surface area contributed by atoms with Gasteiger partial charge in [-0.3, -0.25) is 0 Å². The van der Waals surface area contributed by atoms with E-state index in [1.807, 2.05) is 0 Å². The fourth-order valence-electron chi connectivity index (χ4n) is 1.63. The molecule has 0 amide bonds. The van der Waals surface area contributed by atoms with Crippen molar-refractivity contribution in [3.8, 4) is 10.9 Å². The summed E-state index contributed by atoms with van der Waals surface area (Å²) in [5.74, 6) is 0. The zero-order chi connectivity index (χ0) is 8.67. The molecular formula is C12H8P. The van der Waals surface area contributed by atoms with Crippen LogP contribution in [0.3, 0.4) is 0 Å². The predicted octanol–water partition coefficient (Wildman–Crippen LogP) is 3.78. The van der Waals surface area contributed by atoms with Crippen LogP contribution in [0.15, 0.2) is 42.5 Å².